The maximum absolute atomic E-state index is 11.7. The number of hydrogen-bond acceptors (Lipinski definition) is 3. The number of allylic oxidation sites excluding steroid dienone is 4. The van der Waals surface area contributed by atoms with Gasteiger partial charge >= 0.3 is 0 Å². The fourth-order valence-electron chi connectivity index (χ4n) is 4.98. The topological polar surface area (TPSA) is 54.4 Å². The molecular weight excluding hydrogens is 288 g/mol. The number of hydrogen-bond donors (Lipinski definition) is 1. The van der Waals surface area contributed by atoms with E-state index in [0.29, 0.717) is 12.0 Å². The first-order valence-corrected chi connectivity index (χ1v) is 8.71. The molecule has 1 saturated carbocycles. The number of carbonyl (C=O) groups is 2. The highest BCUT2D eigenvalue weighted by molar-refractivity contribution is 5.82. The third-order valence-electron chi connectivity index (χ3n) is 6.48. The van der Waals surface area contributed by atoms with Gasteiger partial charge in [0.15, 0.2) is 0 Å². The van der Waals surface area contributed by atoms with Crippen molar-refractivity contribution < 1.29 is 14.7 Å². The minimum absolute atomic E-state index is 0.217. The van der Waals surface area contributed by atoms with E-state index in [0.717, 1.165) is 38.3 Å². The monoisotopic (exact) mass is 318 g/mol. The van der Waals surface area contributed by atoms with Crippen molar-refractivity contribution in [2.45, 2.75) is 65.9 Å². The lowest BCUT2D eigenvalue weighted by molar-refractivity contribution is -0.140. The minimum Gasteiger partial charge on any atom is -0.393 e. The van der Waals surface area contributed by atoms with Crippen molar-refractivity contribution in [3.05, 3.63) is 23.3 Å². The Labute approximate surface area is 139 Å². The molecule has 3 heteroatoms. The van der Waals surface area contributed by atoms with Crippen molar-refractivity contribution in [2.24, 2.45) is 22.7 Å². The summed E-state index contributed by atoms with van der Waals surface area (Å²) in [5.41, 5.74) is 1.47. The lowest BCUT2D eigenvalue weighted by Gasteiger charge is -2.58. The highest BCUT2D eigenvalue weighted by Gasteiger charge is 2.57. The van der Waals surface area contributed by atoms with Crippen molar-refractivity contribution in [1.82, 2.24) is 0 Å². The smallest absolute Gasteiger partial charge is 0.146 e. The Bertz CT molecular complexity index is 529. The molecule has 0 bridgehead atoms. The normalized spacial score (nSPS) is 39.9. The molecule has 0 aliphatic heterocycles. The molecule has 0 spiro atoms. The number of aliphatic hydroxyl groups excluding tert-OH is 1. The van der Waals surface area contributed by atoms with Crippen molar-refractivity contribution >= 4 is 12.6 Å². The summed E-state index contributed by atoms with van der Waals surface area (Å²) >= 11 is 0. The van der Waals surface area contributed by atoms with Crippen LogP contribution in [0.2, 0.25) is 0 Å². The highest BCUT2D eigenvalue weighted by Crippen LogP contribution is 2.60. The molecule has 2 aliphatic carbocycles. The Morgan fingerprint density at radius 2 is 2.04 bits per heavy atom. The molecule has 128 valence electrons. The Hall–Kier alpha value is -1.22. The molecule has 0 amide bonds. The summed E-state index contributed by atoms with van der Waals surface area (Å²) < 4.78 is 0. The molecule has 5 atom stereocenters. The first-order valence-electron chi connectivity index (χ1n) is 8.71. The largest absolute Gasteiger partial charge is 0.393 e. The SMILES string of the molecule is CC(C)=CCC[C@@]1(C)[C@H]2CC=C(C=O)[C@@H](C=O)[C@@]2(C)CC[C@@H]1O. The molecule has 0 saturated heterocycles. The van der Waals surface area contributed by atoms with E-state index in [-0.39, 0.29) is 28.8 Å². The predicted molar refractivity (Wildman–Crippen MR) is 91.9 cm³/mol. The predicted octanol–water partition coefficient (Wildman–Crippen LogP) is 3.86. The summed E-state index contributed by atoms with van der Waals surface area (Å²) in [6.45, 7) is 8.48. The van der Waals surface area contributed by atoms with Crippen molar-refractivity contribution in [1.29, 1.82) is 0 Å². The van der Waals surface area contributed by atoms with Gasteiger partial charge in [-0.25, -0.2) is 0 Å². The quantitative estimate of drug-likeness (QED) is 0.618. The first-order chi connectivity index (χ1) is 10.8. The number of aliphatic hydroxyl groups is 1. The molecule has 3 nitrogen and oxygen atoms in total. The highest BCUT2D eigenvalue weighted by atomic mass is 16.3. The number of aldehydes is 2. The summed E-state index contributed by atoms with van der Waals surface area (Å²) in [5.74, 6) is -0.114. The van der Waals surface area contributed by atoms with Crippen LogP contribution in [0.25, 0.3) is 0 Å². The van der Waals surface area contributed by atoms with Crippen LogP contribution in [0.5, 0.6) is 0 Å². The first kappa shape index (κ1) is 18.1. The zero-order valence-corrected chi connectivity index (χ0v) is 14.8. The molecule has 0 aromatic heterocycles. The van der Waals surface area contributed by atoms with Gasteiger partial charge in [-0.05, 0) is 68.3 Å². The molecule has 0 aromatic carbocycles. The lowest BCUT2D eigenvalue weighted by Crippen LogP contribution is -2.55. The van der Waals surface area contributed by atoms with E-state index in [9.17, 15) is 14.7 Å². The standard InChI is InChI=1S/C20H30O3/c1-14(2)6-5-10-20(4)17-8-7-15(12-21)16(13-22)19(17,3)11-9-18(20)23/h6-7,12-13,16-18,23H,5,8-11H2,1-4H3/t16-,17+,18+,19-,20+/m1/s1. The second kappa shape index (κ2) is 6.72. The molecule has 0 heterocycles. The maximum atomic E-state index is 11.7. The van der Waals surface area contributed by atoms with Crippen molar-refractivity contribution in [3.63, 3.8) is 0 Å². The van der Waals surface area contributed by atoms with Gasteiger partial charge in [0.2, 0.25) is 0 Å². The minimum atomic E-state index is -0.343. The van der Waals surface area contributed by atoms with Gasteiger partial charge in [-0.3, -0.25) is 4.79 Å². The molecule has 2 rings (SSSR count). The van der Waals surface area contributed by atoms with Gasteiger partial charge in [-0.2, -0.15) is 0 Å². The van der Waals surface area contributed by atoms with Crippen LogP contribution in [0.1, 0.15) is 59.8 Å². The summed E-state index contributed by atoms with van der Waals surface area (Å²) in [5, 5.41) is 10.7. The van der Waals surface area contributed by atoms with E-state index in [1.165, 1.54) is 5.57 Å². The van der Waals surface area contributed by atoms with Gasteiger partial charge in [0.05, 0.1) is 6.10 Å². The average molecular weight is 318 g/mol. The van der Waals surface area contributed by atoms with E-state index in [1.807, 2.05) is 6.08 Å². The van der Waals surface area contributed by atoms with Gasteiger partial charge in [0, 0.05) is 5.92 Å². The van der Waals surface area contributed by atoms with Crippen LogP contribution in [0.4, 0.5) is 0 Å². The average Bonchev–Trinajstić information content (AvgIpc) is 2.50. The Morgan fingerprint density at radius 1 is 1.35 bits per heavy atom. The van der Waals surface area contributed by atoms with Crippen molar-refractivity contribution in [3.8, 4) is 0 Å². The van der Waals surface area contributed by atoms with Gasteiger partial charge in [0.1, 0.15) is 12.6 Å². The molecule has 2 aliphatic rings. The van der Waals surface area contributed by atoms with E-state index in [2.05, 4.69) is 33.8 Å². The maximum Gasteiger partial charge on any atom is 0.146 e. The molecule has 0 radical (unpaired) electrons. The summed E-state index contributed by atoms with van der Waals surface area (Å²) in [6, 6.07) is 0. The van der Waals surface area contributed by atoms with Crippen LogP contribution < -0.4 is 0 Å². The zero-order valence-electron chi connectivity index (χ0n) is 14.8. The van der Waals surface area contributed by atoms with E-state index >= 15 is 0 Å². The van der Waals surface area contributed by atoms with Crippen LogP contribution in [-0.2, 0) is 9.59 Å². The summed E-state index contributed by atoms with van der Waals surface area (Å²) in [4.78, 5) is 23.0. The van der Waals surface area contributed by atoms with Crippen LogP contribution in [-0.4, -0.2) is 23.8 Å². The fraction of sp³-hybridized carbons (Fsp3) is 0.700. The molecular formula is C20H30O3. The molecule has 1 fully saturated rings. The molecule has 1 N–H and O–H groups in total. The van der Waals surface area contributed by atoms with Crippen LogP contribution in [0, 0.1) is 22.7 Å². The Morgan fingerprint density at radius 3 is 2.61 bits per heavy atom. The zero-order chi connectivity index (χ0) is 17.3. The van der Waals surface area contributed by atoms with Crippen LogP contribution >= 0.6 is 0 Å². The fourth-order valence-corrected chi connectivity index (χ4v) is 4.98. The third-order valence-corrected chi connectivity index (χ3v) is 6.48. The number of carbonyl (C=O) groups excluding carboxylic acids is 2. The molecule has 0 aromatic rings. The van der Waals surface area contributed by atoms with Gasteiger partial charge < -0.3 is 9.90 Å². The molecule has 0 unspecified atom stereocenters. The second-order valence-corrected chi connectivity index (χ2v) is 8.11. The van der Waals surface area contributed by atoms with Crippen LogP contribution in [0.3, 0.4) is 0 Å². The van der Waals surface area contributed by atoms with E-state index < -0.39 is 0 Å². The Kier molecular flexibility index (Phi) is 5.30. The van der Waals surface area contributed by atoms with Crippen LogP contribution in [0.15, 0.2) is 23.3 Å². The Balaban J connectivity index is 2.37. The summed E-state index contributed by atoms with van der Waals surface area (Å²) in [6.07, 6.45) is 9.72. The van der Waals surface area contributed by atoms with Crippen molar-refractivity contribution in [2.75, 3.05) is 0 Å². The van der Waals surface area contributed by atoms with Gasteiger partial charge in [-0.1, -0.05) is 31.6 Å². The molecule has 23 heavy (non-hydrogen) atoms. The second-order valence-electron chi connectivity index (χ2n) is 8.11. The van der Waals surface area contributed by atoms with Gasteiger partial charge in [-0.15, -0.1) is 0 Å². The third kappa shape index (κ3) is 3.08. The van der Waals surface area contributed by atoms with Gasteiger partial charge in [0.25, 0.3) is 0 Å². The van der Waals surface area contributed by atoms with E-state index in [4.69, 9.17) is 0 Å². The number of fused-ring (bicyclic) bond motifs is 1. The number of rotatable bonds is 5. The summed E-state index contributed by atoms with van der Waals surface area (Å²) in [7, 11) is 0. The lowest BCUT2D eigenvalue weighted by atomic mass is 9.47. The van der Waals surface area contributed by atoms with E-state index in [1.54, 1.807) is 0 Å².